The summed E-state index contributed by atoms with van der Waals surface area (Å²) in [5, 5.41) is 14.2. The monoisotopic (exact) mass is 470 g/mol. The molecule has 30 heavy (non-hydrogen) atoms. The number of methoxy groups -OCH3 is 1. The van der Waals surface area contributed by atoms with E-state index in [1.165, 1.54) is 13.2 Å². The molecule has 0 aromatic heterocycles. The fourth-order valence-electron chi connectivity index (χ4n) is 3.54. The summed E-state index contributed by atoms with van der Waals surface area (Å²) in [5.74, 6) is -1.03. The minimum atomic E-state index is -3.79. The topological polar surface area (TPSA) is 105 Å². The van der Waals surface area contributed by atoms with Crippen LogP contribution in [-0.4, -0.2) is 58.7 Å². The van der Waals surface area contributed by atoms with Crippen molar-refractivity contribution >= 4 is 33.9 Å². The third-order valence-electron chi connectivity index (χ3n) is 5.17. The number of halogens is 3. The fraction of sp³-hybridized carbons (Fsp3) is 0.611. The van der Waals surface area contributed by atoms with Gasteiger partial charge in [-0.1, -0.05) is 0 Å². The number of nitrogens with one attached hydrogen (secondary N) is 1. The lowest BCUT2D eigenvalue weighted by molar-refractivity contribution is -0.142. The highest BCUT2D eigenvalue weighted by atomic mass is 35.5. The normalized spacial score (nSPS) is 21.3. The molecule has 2 N–H and O–H groups in total. The van der Waals surface area contributed by atoms with Gasteiger partial charge in [-0.15, -0.1) is 12.4 Å². The minimum Gasteiger partial charge on any atom is -0.468 e. The van der Waals surface area contributed by atoms with E-state index in [-0.39, 0.29) is 41.9 Å². The van der Waals surface area contributed by atoms with Gasteiger partial charge in [0.15, 0.2) is 15.6 Å². The Morgan fingerprint density at radius 2 is 2.03 bits per heavy atom. The molecule has 1 aromatic carbocycles. The highest BCUT2D eigenvalue weighted by Crippen LogP contribution is 2.41. The molecule has 2 atom stereocenters. The molecule has 0 bridgehead atoms. The zero-order valence-electron chi connectivity index (χ0n) is 16.5. The van der Waals surface area contributed by atoms with Crippen LogP contribution in [0.2, 0.25) is 0 Å². The summed E-state index contributed by atoms with van der Waals surface area (Å²) >= 11 is 0. The van der Waals surface area contributed by atoms with Crippen LogP contribution in [-0.2, 0) is 19.4 Å². The van der Waals surface area contributed by atoms with Crippen LogP contribution in [0.5, 0.6) is 5.75 Å². The fourth-order valence-corrected chi connectivity index (χ4v) is 4.51. The predicted molar refractivity (Wildman–Crippen MR) is 106 cm³/mol. The summed E-state index contributed by atoms with van der Waals surface area (Å²) < 4.78 is 59.8. The SMILES string of the molecule is COC(=O)[C@H]1CC(c2cc(N(O)CC3CC3)c(OC(F)F)cc2S(C)(=O)=O)CN1.Cl. The van der Waals surface area contributed by atoms with Gasteiger partial charge < -0.3 is 14.8 Å². The Hall–Kier alpha value is -1.69. The van der Waals surface area contributed by atoms with Gasteiger partial charge in [-0.25, -0.2) is 8.42 Å². The Morgan fingerprint density at radius 1 is 1.37 bits per heavy atom. The van der Waals surface area contributed by atoms with Gasteiger partial charge in [-0.3, -0.25) is 15.1 Å². The molecule has 0 radical (unpaired) electrons. The minimum absolute atomic E-state index is 0. The van der Waals surface area contributed by atoms with Gasteiger partial charge in [-0.05, 0) is 42.7 Å². The number of hydrogen-bond donors (Lipinski definition) is 2. The van der Waals surface area contributed by atoms with Gasteiger partial charge in [0.1, 0.15) is 11.7 Å². The number of benzene rings is 1. The number of ether oxygens (including phenoxy) is 2. The van der Waals surface area contributed by atoms with Gasteiger partial charge in [0.25, 0.3) is 0 Å². The molecule has 12 heteroatoms. The van der Waals surface area contributed by atoms with Crippen molar-refractivity contribution in [2.45, 2.75) is 42.7 Å². The summed E-state index contributed by atoms with van der Waals surface area (Å²) in [7, 11) is -2.54. The summed E-state index contributed by atoms with van der Waals surface area (Å²) in [5.41, 5.74) is 0.305. The third kappa shape index (κ3) is 5.71. The molecule has 1 saturated heterocycles. The van der Waals surface area contributed by atoms with Crippen LogP contribution < -0.4 is 15.1 Å². The van der Waals surface area contributed by atoms with Gasteiger partial charge in [0.2, 0.25) is 0 Å². The van der Waals surface area contributed by atoms with Gasteiger partial charge in [0, 0.05) is 25.4 Å². The summed E-state index contributed by atoms with van der Waals surface area (Å²) in [6.45, 7) is -2.66. The molecule has 1 unspecified atom stereocenters. The Bertz CT molecular complexity index is 882. The molecular formula is C18H25ClF2N2O6S. The first-order valence-corrected chi connectivity index (χ1v) is 11.1. The van der Waals surface area contributed by atoms with Crippen molar-refractivity contribution in [3.8, 4) is 5.75 Å². The van der Waals surface area contributed by atoms with Gasteiger partial charge in [0.05, 0.1) is 12.0 Å². The first-order valence-electron chi connectivity index (χ1n) is 9.20. The number of nitrogens with zero attached hydrogens (tertiary/aromatic N) is 1. The van der Waals surface area contributed by atoms with Crippen molar-refractivity contribution in [2.75, 3.05) is 31.5 Å². The molecule has 8 nitrogen and oxygen atoms in total. The maximum atomic E-state index is 12.9. The van der Waals surface area contributed by atoms with Gasteiger partial charge in [-0.2, -0.15) is 8.78 Å². The van der Waals surface area contributed by atoms with E-state index in [1.54, 1.807) is 0 Å². The molecule has 0 amide bonds. The first-order chi connectivity index (χ1) is 13.6. The standard InChI is InChI=1S/C18H24F2N2O6S.ClH/c1-27-17(23)13-5-11(8-21-13)12-6-14(22(24)9-10-3-4-10)15(28-18(19)20)7-16(12)29(2,25)26;/h6-7,10-11,13,18,21,24H,3-5,8-9H2,1-2H3;1H/t11?,13-;/m1./s1. The van der Waals surface area contributed by atoms with Crippen LogP contribution in [0.25, 0.3) is 0 Å². The number of rotatable bonds is 8. The molecule has 170 valence electrons. The van der Waals surface area contributed by atoms with E-state index in [0.717, 1.165) is 30.2 Å². The number of alkyl halides is 2. The highest BCUT2D eigenvalue weighted by Gasteiger charge is 2.35. The van der Waals surface area contributed by atoms with Crippen molar-refractivity contribution in [3.05, 3.63) is 17.7 Å². The molecule has 1 saturated carbocycles. The molecule has 1 aromatic rings. The van der Waals surface area contributed by atoms with Crippen LogP contribution in [0.3, 0.4) is 0 Å². The van der Waals surface area contributed by atoms with Crippen molar-refractivity contribution < 1.29 is 36.7 Å². The molecular weight excluding hydrogens is 446 g/mol. The van der Waals surface area contributed by atoms with E-state index in [9.17, 15) is 27.2 Å². The molecule has 1 heterocycles. The average Bonchev–Trinajstić information content (AvgIpc) is 3.31. The van der Waals surface area contributed by atoms with Crippen molar-refractivity contribution in [1.82, 2.24) is 5.32 Å². The number of carbonyl (C=O) groups excluding carboxylic acids is 1. The molecule has 3 rings (SSSR count). The Morgan fingerprint density at radius 3 is 2.57 bits per heavy atom. The quantitative estimate of drug-likeness (QED) is 0.440. The van der Waals surface area contributed by atoms with Crippen LogP contribution in [0, 0.1) is 5.92 Å². The average molecular weight is 471 g/mol. The van der Waals surface area contributed by atoms with E-state index < -0.39 is 40.1 Å². The zero-order chi connectivity index (χ0) is 21.3. The molecule has 1 aliphatic heterocycles. The van der Waals surface area contributed by atoms with E-state index in [2.05, 4.69) is 10.1 Å². The third-order valence-corrected chi connectivity index (χ3v) is 6.32. The molecule has 0 spiro atoms. The van der Waals surface area contributed by atoms with E-state index in [1.807, 2.05) is 0 Å². The van der Waals surface area contributed by atoms with Crippen molar-refractivity contribution in [3.63, 3.8) is 0 Å². The molecule has 2 fully saturated rings. The van der Waals surface area contributed by atoms with Crippen LogP contribution >= 0.6 is 12.4 Å². The first kappa shape index (κ1) is 24.6. The van der Waals surface area contributed by atoms with Gasteiger partial charge >= 0.3 is 12.6 Å². The maximum absolute atomic E-state index is 12.9. The van der Waals surface area contributed by atoms with Crippen LogP contribution in [0.15, 0.2) is 17.0 Å². The number of hydroxylamine groups is 1. The Balaban J connectivity index is 0.00000320. The van der Waals surface area contributed by atoms with E-state index in [4.69, 9.17) is 4.74 Å². The zero-order valence-corrected chi connectivity index (χ0v) is 18.1. The summed E-state index contributed by atoms with van der Waals surface area (Å²) in [6.07, 6.45) is 3.09. The van der Waals surface area contributed by atoms with Crippen LogP contribution in [0.4, 0.5) is 14.5 Å². The Labute approximate surface area is 179 Å². The van der Waals surface area contributed by atoms with E-state index in [0.29, 0.717) is 12.1 Å². The lowest BCUT2D eigenvalue weighted by atomic mass is 9.95. The maximum Gasteiger partial charge on any atom is 0.387 e. The van der Waals surface area contributed by atoms with Crippen molar-refractivity contribution in [1.29, 1.82) is 0 Å². The molecule has 1 aliphatic carbocycles. The number of esters is 1. The molecule has 2 aliphatic rings. The number of hydrogen-bond acceptors (Lipinski definition) is 8. The lowest BCUT2D eigenvalue weighted by Crippen LogP contribution is -2.31. The lowest BCUT2D eigenvalue weighted by Gasteiger charge is -2.24. The van der Waals surface area contributed by atoms with Crippen molar-refractivity contribution in [2.24, 2.45) is 5.92 Å². The number of anilines is 1. The highest BCUT2D eigenvalue weighted by molar-refractivity contribution is 7.90. The predicted octanol–water partition coefficient (Wildman–Crippen LogP) is 2.34. The summed E-state index contributed by atoms with van der Waals surface area (Å²) in [6, 6.07) is 1.78. The van der Waals surface area contributed by atoms with E-state index >= 15 is 0 Å². The smallest absolute Gasteiger partial charge is 0.387 e. The van der Waals surface area contributed by atoms with Crippen LogP contribution in [0.1, 0.15) is 30.7 Å². The second-order valence-corrected chi connectivity index (χ2v) is 9.43. The second-order valence-electron chi connectivity index (χ2n) is 7.45. The largest absolute Gasteiger partial charge is 0.468 e. The number of sulfone groups is 1. The Kier molecular flexibility index (Phi) is 7.89. The summed E-state index contributed by atoms with van der Waals surface area (Å²) in [4.78, 5) is 11.6. The number of carbonyl (C=O) groups is 1. The second kappa shape index (κ2) is 9.63.